The third kappa shape index (κ3) is 2.82. The number of hydrogen-bond donors (Lipinski definition) is 2. The molecule has 5 nitrogen and oxygen atoms in total. The smallest absolute Gasteiger partial charge is 0.339 e. The van der Waals surface area contributed by atoms with E-state index in [-0.39, 0.29) is 17.4 Å². The lowest BCUT2D eigenvalue weighted by Crippen LogP contribution is -2.27. The van der Waals surface area contributed by atoms with Gasteiger partial charge in [0.25, 0.3) is 5.91 Å². The van der Waals surface area contributed by atoms with Gasteiger partial charge in [0, 0.05) is 0 Å². The molecule has 5 heteroatoms. The van der Waals surface area contributed by atoms with E-state index in [1.165, 1.54) is 12.3 Å². The molecule has 1 atom stereocenters. The van der Waals surface area contributed by atoms with E-state index in [0.717, 1.165) is 5.56 Å². The van der Waals surface area contributed by atoms with E-state index in [9.17, 15) is 9.59 Å². The minimum absolute atomic E-state index is 0.141. The second kappa shape index (κ2) is 5.39. The summed E-state index contributed by atoms with van der Waals surface area (Å²) in [5.41, 5.74) is 0.789. The number of carboxylic acids is 1. The predicted molar refractivity (Wildman–Crippen MR) is 68.0 cm³/mol. The molecule has 1 heterocycles. The van der Waals surface area contributed by atoms with Gasteiger partial charge < -0.3 is 14.8 Å². The van der Waals surface area contributed by atoms with E-state index in [4.69, 9.17) is 9.52 Å². The van der Waals surface area contributed by atoms with E-state index < -0.39 is 11.9 Å². The second-order valence-corrected chi connectivity index (χ2v) is 4.07. The molecule has 2 rings (SSSR count). The summed E-state index contributed by atoms with van der Waals surface area (Å²) in [5.74, 6) is -1.92. The van der Waals surface area contributed by atoms with E-state index in [0.29, 0.717) is 0 Å². The summed E-state index contributed by atoms with van der Waals surface area (Å²) < 4.78 is 4.93. The number of nitrogens with one attached hydrogen (secondary N) is 1. The number of aromatic carboxylic acids is 1. The standard InChI is InChI=1S/C14H13NO4/c1-9(10-5-3-2-4-6-10)15-13(16)12-11(14(17)18)7-8-19-12/h2-9H,1H3,(H,15,16)(H,17,18). The zero-order chi connectivity index (χ0) is 13.8. The predicted octanol–water partition coefficient (Wildman–Crippen LogP) is 2.47. The van der Waals surface area contributed by atoms with Crippen LogP contribution in [0.3, 0.4) is 0 Å². The molecule has 0 saturated carbocycles. The SMILES string of the molecule is CC(NC(=O)c1occc1C(=O)O)c1ccccc1. The fraction of sp³-hybridized carbons (Fsp3) is 0.143. The minimum atomic E-state index is -1.19. The van der Waals surface area contributed by atoms with Gasteiger partial charge in [-0.25, -0.2) is 4.79 Å². The number of rotatable bonds is 4. The lowest BCUT2D eigenvalue weighted by molar-refractivity contribution is 0.0687. The molecule has 0 fully saturated rings. The van der Waals surface area contributed by atoms with Crippen molar-refractivity contribution in [1.29, 1.82) is 0 Å². The molecule has 2 aromatic rings. The number of amides is 1. The molecule has 0 spiro atoms. The first-order chi connectivity index (χ1) is 9.09. The Morgan fingerprint density at radius 2 is 1.89 bits per heavy atom. The molecular formula is C14H13NO4. The Bertz CT molecular complexity index is 589. The third-order valence-corrected chi connectivity index (χ3v) is 2.75. The van der Waals surface area contributed by atoms with Crippen molar-refractivity contribution in [3.05, 3.63) is 59.5 Å². The maximum absolute atomic E-state index is 11.9. The first kappa shape index (κ1) is 12.9. The summed E-state index contributed by atoms with van der Waals surface area (Å²) in [6, 6.07) is 10.4. The minimum Gasteiger partial charge on any atom is -0.478 e. The number of carbonyl (C=O) groups excluding carboxylic acids is 1. The summed E-state index contributed by atoms with van der Waals surface area (Å²) >= 11 is 0. The molecular weight excluding hydrogens is 246 g/mol. The zero-order valence-corrected chi connectivity index (χ0v) is 10.3. The van der Waals surface area contributed by atoms with Gasteiger partial charge in [0.05, 0.1) is 12.3 Å². The molecule has 19 heavy (non-hydrogen) atoms. The van der Waals surface area contributed by atoms with E-state index in [1.54, 1.807) is 0 Å². The van der Waals surface area contributed by atoms with Gasteiger partial charge in [0.1, 0.15) is 5.56 Å². The zero-order valence-electron chi connectivity index (χ0n) is 10.3. The summed E-state index contributed by atoms with van der Waals surface area (Å²) in [7, 11) is 0. The summed E-state index contributed by atoms with van der Waals surface area (Å²) in [5, 5.41) is 11.6. The summed E-state index contributed by atoms with van der Waals surface area (Å²) in [4.78, 5) is 22.8. The van der Waals surface area contributed by atoms with Gasteiger partial charge in [0.2, 0.25) is 5.76 Å². The first-order valence-electron chi connectivity index (χ1n) is 5.76. The molecule has 0 bridgehead atoms. The van der Waals surface area contributed by atoms with Gasteiger partial charge in [-0.2, -0.15) is 0 Å². The molecule has 1 aromatic carbocycles. The van der Waals surface area contributed by atoms with Crippen LogP contribution in [0.2, 0.25) is 0 Å². The Kier molecular flexibility index (Phi) is 3.66. The Morgan fingerprint density at radius 1 is 1.21 bits per heavy atom. The molecule has 98 valence electrons. The Labute approximate surface area is 109 Å². The van der Waals surface area contributed by atoms with Crippen LogP contribution in [0.1, 0.15) is 39.4 Å². The van der Waals surface area contributed by atoms with Crippen molar-refractivity contribution in [1.82, 2.24) is 5.32 Å². The van der Waals surface area contributed by atoms with Crippen LogP contribution >= 0.6 is 0 Å². The fourth-order valence-corrected chi connectivity index (χ4v) is 1.74. The highest BCUT2D eigenvalue weighted by atomic mass is 16.4. The normalized spacial score (nSPS) is 11.8. The van der Waals surface area contributed by atoms with Crippen molar-refractivity contribution in [3.8, 4) is 0 Å². The van der Waals surface area contributed by atoms with Crippen LogP contribution < -0.4 is 5.32 Å². The molecule has 1 aromatic heterocycles. The van der Waals surface area contributed by atoms with Crippen LogP contribution in [0.15, 0.2) is 47.1 Å². The third-order valence-electron chi connectivity index (χ3n) is 2.75. The molecule has 0 aliphatic rings. The van der Waals surface area contributed by atoms with E-state index in [2.05, 4.69) is 5.32 Å². The van der Waals surface area contributed by atoms with Gasteiger partial charge in [0.15, 0.2) is 0 Å². The van der Waals surface area contributed by atoms with Crippen LogP contribution in [0, 0.1) is 0 Å². The van der Waals surface area contributed by atoms with Crippen molar-refractivity contribution in [2.45, 2.75) is 13.0 Å². The van der Waals surface area contributed by atoms with Crippen LogP contribution in [-0.4, -0.2) is 17.0 Å². The highest BCUT2D eigenvalue weighted by Crippen LogP contribution is 2.15. The second-order valence-electron chi connectivity index (χ2n) is 4.07. The number of carbonyl (C=O) groups is 2. The van der Waals surface area contributed by atoms with Crippen molar-refractivity contribution in [2.75, 3.05) is 0 Å². The molecule has 0 aliphatic carbocycles. The van der Waals surface area contributed by atoms with Gasteiger partial charge >= 0.3 is 5.97 Å². The molecule has 1 unspecified atom stereocenters. The average Bonchev–Trinajstić information content (AvgIpc) is 2.89. The fourth-order valence-electron chi connectivity index (χ4n) is 1.74. The van der Waals surface area contributed by atoms with Gasteiger partial charge in [-0.1, -0.05) is 30.3 Å². The van der Waals surface area contributed by atoms with Crippen LogP contribution in [0.5, 0.6) is 0 Å². The lowest BCUT2D eigenvalue weighted by Gasteiger charge is -2.13. The average molecular weight is 259 g/mol. The van der Waals surface area contributed by atoms with E-state index >= 15 is 0 Å². The Hall–Kier alpha value is -2.56. The maximum Gasteiger partial charge on any atom is 0.339 e. The summed E-state index contributed by atoms with van der Waals surface area (Å²) in [6.45, 7) is 1.82. The van der Waals surface area contributed by atoms with Crippen molar-refractivity contribution in [2.24, 2.45) is 0 Å². The number of benzene rings is 1. The number of hydrogen-bond acceptors (Lipinski definition) is 3. The highest BCUT2D eigenvalue weighted by Gasteiger charge is 2.21. The van der Waals surface area contributed by atoms with Gasteiger partial charge in [-0.15, -0.1) is 0 Å². The molecule has 1 amide bonds. The molecule has 0 radical (unpaired) electrons. The van der Waals surface area contributed by atoms with Gasteiger partial charge in [-0.3, -0.25) is 4.79 Å². The first-order valence-corrected chi connectivity index (χ1v) is 5.76. The lowest BCUT2D eigenvalue weighted by atomic mass is 10.1. The molecule has 2 N–H and O–H groups in total. The topological polar surface area (TPSA) is 79.5 Å². The van der Waals surface area contributed by atoms with Crippen molar-refractivity contribution >= 4 is 11.9 Å². The Balaban J connectivity index is 2.13. The largest absolute Gasteiger partial charge is 0.478 e. The quantitative estimate of drug-likeness (QED) is 0.883. The van der Waals surface area contributed by atoms with Crippen LogP contribution in [0.4, 0.5) is 0 Å². The maximum atomic E-state index is 11.9. The van der Waals surface area contributed by atoms with E-state index in [1.807, 2.05) is 37.3 Å². The van der Waals surface area contributed by atoms with Crippen molar-refractivity contribution in [3.63, 3.8) is 0 Å². The Morgan fingerprint density at radius 3 is 2.53 bits per heavy atom. The van der Waals surface area contributed by atoms with Crippen LogP contribution in [0.25, 0.3) is 0 Å². The van der Waals surface area contributed by atoms with Crippen molar-refractivity contribution < 1.29 is 19.1 Å². The van der Waals surface area contributed by atoms with Gasteiger partial charge in [-0.05, 0) is 18.6 Å². The van der Waals surface area contributed by atoms with Crippen LogP contribution in [-0.2, 0) is 0 Å². The highest BCUT2D eigenvalue weighted by molar-refractivity contribution is 6.02. The monoisotopic (exact) mass is 259 g/mol. The molecule has 0 saturated heterocycles. The molecule has 0 aliphatic heterocycles. The number of furan rings is 1. The number of carboxylic acid groups (broad SMARTS) is 1. The summed E-state index contributed by atoms with van der Waals surface area (Å²) in [6.07, 6.45) is 1.19.